The van der Waals surface area contributed by atoms with Gasteiger partial charge in [0.05, 0.1) is 0 Å². The number of benzene rings is 1. The van der Waals surface area contributed by atoms with Crippen molar-refractivity contribution in [2.75, 3.05) is 24.6 Å². The van der Waals surface area contributed by atoms with Gasteiger partial charge in [-0.2, -0.15) is 0 Å². The largest absolute Gasteiger partial charge is 0.396 e. The van der Waals surface area contributed by atoms with Crippen molar-refractivity contribution in [3.63, 3.8) is 0 Å². The quantitative estimate of drug-likeness (QED) is 0.902. The van der Waals surface area contributed by atoms with Crippen LogP contribution in [-0.4, -0.2) is 24.8 Å². The van der Waals surface area contributed by atoms with Crippen LogP contribution in [0.25, 0.3) is 0 Å². The summed E-state index contributed by atoms with van der Waals surface area (Å²) in [6, 6.07) is 6.29. The topological polar surface area (TPSA) is 49.5 Å². The van der Waals surface area contributed by atoms with Crippen molar-refractivity contribution in [3.8, 4) is 0 Å². The molecule has 0 saturated carbocycles. The van der Waals surface area contributed by atoms with Crippen LogP contribution >= 0.6 is 15.9 Å². The van der Waals surface area contributed by atoms with Gasteiger partial charge in [0.1, 0.15) is 0 Å². The third-order valence-electron chi connectivity index (χ3n) is 3.60. The molecule has 4 heteroatoms. The van der Waals surface area contributed by atoms with Crippen LogP contribution in [-0.2, 0) is 0 Å². The van der Waals surface area contributed by atoms with Crippen molar-refractivity contribution in [1.29, 1.82) is 0 Å². The van der Waals surface area contributed by atoms with Crippen molar-refractivity contribution in [2.45, 2.75) is 25.8 Å². The average molecular weight is 313 g/mol. The molecule has 1 aromatic rings. The van der Waals surface area contributed by atoms with E-state index in [1.54, 1.807) is 0 Å². The molecule has 0 aliphatic carbocycles. The predicted octanol–water partition coefficient (Wildman–Crippen LogP) is 2.68. The van der Waals surface area contributed by atoms with Crippen LogP contribution in [0.5, 0.6) is 0 Å². The van der Waals surface area contributed by atoms with Crippen LogP contribution in [0.4, 0.5) is 5.69 Å². The van der Waals surface area contributed by atoms with Crippen LogP contribution in [0.3, 0.4) is 0 Å². The third-order valence-corrected chi connectivity index (χ3v) is 4.09. The number of rotatable bonds is 3. The summed E-state index contributed by atoms with van der Waals surface area (Å²) in [6.07, 6.45) is 2.25. The van der Waals surface area contributed by atoms with Crippen LogP contribution in [0.15, 0.2) is 22.7 Å². The summed E-state index contributed by atoms with van der Waals surface area (Å²) in [5, 5.41) is 9.33. The zero-order chi connectivity index (χ0) is 13.1. The average Bonchev–Trinajstić information content (AvgIpc) is 2.38. The summed E-state index contributed by atoms with van der Waals surface area (Å²) >= 11 is 3.53. The Morgan fingerprint density at radius 2 is 2.33 bits per heavy atom. The molecule has 1 saturated heterocycles. The molecule has 3 nitrogen and oxygen atoms in total. The van der Waals surface area contributed by atoms with Gasteiger partial charge in [-0.15, -0.1) is 0 Å². The zero-order valence-corrected chi connectivity index (χ0v) is 12.4. The van der Waals surface area contributed by atoms with Crippen molar-refractivity contribution in [2.24, 2.45) is 11.7 Å². The van der Waals surface area contributed by atoms with Gasteiger partial charge in [0.15, 0.2) is 0 Å². The molecule has 1 aromatic carbocycles. The molecule has 0 radical (unpaired) electrons. The van der Waals surface area contributed by atoms with Crippen LogP contribution < -0.4 is 10.6 Å². The first-order chi connectivity index (χ1) is 8.61. The van der Waals surface area contributed by atoms with Crippen LogP contribution in [0, 0.1) is 5.92 Å². The first-order valence-electron chi connectivity index (χ1n) is 6.52. The minimum Gasteiger partial charge on any atom is -0.396 e. The van der Waals surface area contributed by atoms with Gasteiger partial charge in [-0.05, 0) is 43.4 Å². The van der Waals surface area contributed by atoms with E-state index in [9.17, 15) is 5.11 Å². The highest BCUT2D eigenvalue weighted by molar-refractivity contribution is 9.10. The Labute approximate surface area is 117 Å². The molecular formula is C14H21BrN2O. The molecule has 18 heavy (non-hydrogen) atoms. The Bertz CT molecular complexity index is 409. The third kappa shape index (κ3) is 3.05. The molecule has 2 rings (SSSR count). The number of nitrogens with zero attached hydrogens (tertiary/aromatic N) is 1. The SMILES string of the molecule is CC(N)c1ccc(Br)cc1N1CCCC(CO)C1. The molecular weight excluding hydrogens is 292 g/mol. The fourth-order valence-electron chi connectivity index (χ4n) is 2.61. The molecule has 0 spiro atoms. The number of hydrogen-bond donors (Lipinski definition) is 2. The van der Waals surface area contributed by atoms with Gasteiger partial charge in [-0.3, -0.25) is 0 Å². The standard InChI is InChI=1S/C14H21BrN2O/c1-10(16)13-5-4-12(15)7-14(13)17-6-2-3-11(8-17)9-18/h4-5,7,10-11,18H,2-3,6,8-9,16H2,1H3. The lowest BCUT2D eigenvalue weighted by molar-refractivity contribution is 0.208. The van der Waals surface area contributed by atoms with Crippen LogP contribution in [0.2, 0.25) is 0 Å². The summed E-state index contributed by atoms with van der Waals surface area (Å²) in [5.41, 5.74) is 8.43. The van der Waals surface area contributed by atoms with Gasteiger partial charge in [0.2, 0.25) is 0 Å². The Morgan fingerprint density at radius 1 is 1.56 bits per heavy atom. The maximum absolute atomic E-state index is 9.33. The van der Waals surface area contributed by atoms with Gasteiger partial charge in [-0.1, -0.05) is 22.0 Å². The lowest BCUT2D eigenvalue weighted by atomic mass is 9.97. The smallest absolute Gasteiger partial charge is 0.0476 e. The summed E-state index contributed by atoms with van der Waals surface area (Å²) < 4.78 is 1.08. The zero-order valence-electron chi connectivity index (χ0n) is 10.8. The maximum atomic E-state index is 9.33. The predicted molar refractivity (Wildman–Crippen MR) is 78.8 cm³/mol. The van der Waals surface area contributed by atoms with E-state index in [0.29, 0.717) is 5.92 Å². The molecule has 1 fully saturated rings. The Kier molecular flexibility index (Phi) is 4.65. The molecule has 0 bridgehead atoms. The van der Waals surface area contributed by atoms with E-state index in [1.165, 1.54) is 11.3 Å². The Morgan fingerprint density at radius 3 is 3.00 bits per heavy atom. The van der Waals surface area contributed by atoms with Crippen molar-refractivity contribution in [3.05, 3.63) is 28.2 Å². The highest BCUT2D eigenvalue weighted by Gasteiger charge is 2.22. The fraction of sp³-hybridized carbons (Fsp3) is 0.571. The molecule has 1 aliphatic rings. The highest BCUT2D eigenvalue weighted by atomic mass is 79.9. The number of anilines is 1. The molecule has 100 valence electrons. The number of nitrogens with two attached hydrogens (primary N) is 1. The second-order valence-electron chi connectivity index (χ2n) is 5.13. The van der Waals surface area contributed by atoms with Crippen LogP contribution in [0.1, 0.15) is 31.4 Å². The highest BCUT2D eigenvalue weighted by Crippen LogP contribution is 2.31. The number of halogens is 1. The lowest BCUT2D eigenvalue weighted by Crippen LogP contribution is -2.37. The number of piperidine rings is 1. The van der Waals surface area contributed by atoms with Crippen molar-refractivity contribution >= 4 is 21.6 Å². The normalized spacial score (nSPS) is 22.0. The maximum Gasteiger partial charge on any atom is 0.0476 e. The summed E-state index contributed by atoms with van der Waals surface area (Å²) in [5.74, 6) is 0.388. The molecule has 1 aliphatic heterocycles. The molecule has 3 N–H and O–H groups in total. The number of hydrogen-bond acceptors (Lipinski definition) is 3. The van der Waals surface area contributed by atoms with E-state index >= 15 is 0 Å². The van der Waals surface area contributed by atoms with E-state index in [0.717, 1.165) is 30.4 Å². The monoisotopic (exact) mass is 312 g/mol. The van der Waals surface area contributed by atoms with E-state index in [-0.39, 0.29) is 12.6 Å². The molecule has 1 heterocycles. The second-order valence-corrected chi connectivity index (χ2v) is 6.04. The van der Waals surface area contributed by atoms with E-state index < -0.39 is 0 Å². The number of aliphatic hydroxyl groups excluding tert-OH is 1. The van der Waals surface area contributed by atoms with Crippen molar-refractivity contribution in [1.82, 2.24) is 0 Å². The summed E-state index contributed by atoms with van der Waals surface area (Å²) in [4.78, 5) is 2.36. The first-order valence-corrected chi connectivity index (χ1v) is 7.32. The lowest BCUT2D eigenvalue weighted by Gasteiger charge is -2.35. The summed E-state index contributed by atoms with van der Waals surface area (Å²) in [7, 11) is 0. The molecule has 0 amide bonds. The van der Waals surface area contributed by atoms with Gasteiger partial charge in [0.25, 0.3) is 0 Å². The molecule has 2 atom stereocenters. The van der Waals surface area contributed by atoms with Crippen molar-refractivity contribution < 1.29 is 5.11 Å². The minimum atomic E-state index is 0.0302. The first kappa shape index (κ1) is 13.8. The Hall–Kier alpha value is -0.580. The number of aliphatic hydroxyl groups is 1. The van der Waals surface area contributed by atoms with Gasteiger partial charge in [0, 0.05) is 35.9 Å². The van der Waals surface area contributed by atoms with E-state index in [4.69, 9.17) is 5.73 Å². The summed E-state index contributed by atoms with van der Waals surface area (Å²) in [6.45, 7) is 4.26. The minimum absolute atomic E-state index is 0.0302. The Balaban J connectivity index is 2.28. The molecule has 2 unspecified atom stereocenters. The van der Waals surface area contributed by atoms with Gasteiger partial charge in [-0.25, -0.2) is 0 Å². The van der Waals surface area contributed by atoms with E-state index in [2.05, 4.69) is 33.0 Å². The van der Waals surface area contributed by atoms with E-state index in [1.807, 2.05) is 13.0 Å². The molecule has 0 aromatic heterocycles. The van der Waals surface area contributed by atoms with Gasteiger partial charge < -0.3 is 15.7 Å². The second kappa shape index (κ2) is 6.04. The fourth-order valence-corrected chi connectivity index (χ4v) is 2.96. The van der Waals surface area contributed by atoms with Gasteiger partial charge >= 0.3 is 0 Å².